The molecule has 9 heteroatoms. The molecule has 3 aromatic rings. The van der Waals surface area contributed by atoms with Crippen molar-refractivity contribution in [3.63, 3.8) is 0 Å². The van der Waals surface area contributed by atoms with E-state index in [1.54, 1.807) is 18.2 Å². The molecule has 0 saturated carbocycles. The third-order valence-electron chi connectivity index (χ3n) is 5.48. The minimum Gasteiger partial charge on any atom is -0.452 e. The topological polar surface area (TPSA) is 92.8 Å². The number of anilines is 1. The molecule has 34 heavy (non-hydrogen) atoms. The molecule has 0 aromatic heterocycles. The van der Waals surface area contributed by atoms with Crippen LogP contribution in [0.25, 0.3) is 0 Å². The molecule has 1 N–H and O–H groups in total. The maximum absolute atomic E-state index is 13.2. The summed E-state index contributed by atoms with van der Waals surface area (Å²) in [5.41, 5.74) is 2.48. The third-order valence-corrected chi connectivity index (χ3v) is 7.31. The van der Waals surface area contributed by atoms with Gasteiger partial charge in [-0.3, -0.25) is 9.10 Å². The highest BCUT2D eigenvalue weighted by molar-refractivity contribution is 7.92. The minimum absolute atomic E-state index is 0.0674. The number of nitrogens with one attached hydrogen (secondary N) is 1. The van der Waals surface area contributed by atoms with Crippen molar-refractivity contribution >= 4 is 27.6 Å². The van der Waals surface area contributed by atoms with Gasteiger partial charge in [0.1, 0.15) is 5.82 Å². The summed E-state index contributed by atoms with van der Waals surface area (Å²) in [5, 5.41) is 2.58. The molecule has 1 amide bonds. The van der Waals surface area contributed by atoms with E-state index in [1.807, 2.05) is 18.2 Å². The molecule has 0 aliphatic carbocycles. The van der Waals surface area contributed by atoms with Crippen LogP contribution in [-0.2, 0) is 32.5 Å². The fourth-order valence-electron chi connectivity index (χ4n) is 3.71. The summed E-state index contributed by atoms with van der Waals surface area (Å²) >= 11 is 0. The second-order valence-corrected chi connectivity index (χ2v) is 9.68. The van der Waals surface area contributed by atoms with Crippen LogP contribution in [0.2, 0.25) is 0 Å². The number of hydrogen-bond acceptors (Lipinski definition) is 5. The molecule has 3 aromatic carbocycles. The van der Waals surface area contributed by atoms with Gasteiger partial charge in [0.2, 0.25) is 0 Å². The molecule has 0 radical (unpaired) electrons. The van der Waals surface area contributed by atoms with Crippen molar-refractivity contribution in [3.8, 4) is 0 Å². The number of halogens is 1. The molecule has 176 valence electrons. The van der Waals surface area contributed by atoms with E-state index in [9.17, 15) is 22.4 Å². The molecule has 0 atom stereocenters. The molecule has 7 nitrogen and oxygen atoms in total. The standard InChI is InChI=1S/C25H23FN2O5S/c26-21-11-7-18(8-12-21)16-27-24(29)17-33-25(30)20-9-13-22(14-10-20)34(31,32)28-15-3-5-19-4-1-2-6-23(19)28/h1-2,4,6-14H,3,5,15-17H2,(H,27,29). The summed E-state index contributed by atoms with van der Waals surface area (Å²) < 4.78 is 45.7. The van der Waals surface area contributed by atoms with Crippen molar-refractivity contribution in [2.24, 2.45) is 0 Å². The average molecular weight is 483 g/mol. The van der Waals surface area contributed by atoms with Gasteiger partial charge in [-0.05, 0) is 66.4 Å². The Kier molecular flexibility index (Phi) is 6.93. The van der Waals surface area contributed by atoms with Crippen LogP contribution < -0.4 is 9.62 Å². The molecule has 1 aliphatic heterocycles. The lowest BCUT2D eigenvalue weighted by Crippen LogP contribution is -2.35. The number of ether oxygens (including phenoxy) is 1. The Hall–Kier alpha value is -3.72. The SMILES string of the molecule is O=C(COC(=O)c1ccc(S(=O)(=O)N2CCCc3ccccc32)cc1)NCc1ccc(F)cc1. The first-order chi connectivity index (χ1) is 16.3. The number of carbonyl (C=O) groups excluding carboxylic acids is 2. The number of fused-ring (bicyclic) bond motifs is 1. The van der Waals surface area contributed by atoms with Gasteiger partial charge in [-0.2, -0.15) is 0 Å². The van der Waals surface area contributed by atoms with Crippen molar-refractivity contribution in [1.82, 2.24) is 5.32 Å². The lowest BCUT2D eigenvalue weighted by molar-refractivity contribution is -0.124. The number of nitrogens with zero attached hydrogens (tertiary/aromatic N) is 1. The number of hydrogen-bond donors (Lipinski definition) is 1. The van der Waals surface area contributed by atoms with Gasteiger partial charge in [-0.15, -0.1) is 0 Å². The van der Waals surface area contributed by atoms with Crippen LogP contribution in [0.1, 0.15) is 27.9 Å². The van der Waals surface area contributed by atoms with Gasteiger partial charge in [0, 0.05) is 13.1 Å². The number of aryl methyl sites for hydroxylation is 1. The summed E-state index contributed by atoms with van der Waals surface area (Å²) in [7, 11) is -3.79. The fourth-order valence-corrected chi connectivity index (χ4v) is 5.25. The summed E-state index contributed by atoms with van der Waals surface area (Å²) in [5.74, 6) is -1.63. The van der Waals surface area contributed by atoms with Crippen LogP contribution in [-0.4, -0.2) is 33.4 Å². The molecule has 1 aliphatic rings. The van der Waals surface area contributed by atoms with E-state index >= 15 is 0 Å². The summed E-state index contributed by atoms with van der Waals surface area (Å²) in [6, 6.07) is 18.5. The first-order valence-electron chi connectivity index (χ1n) is 10.7. The third kappa shape index (κ3) is 5.26. The molecule has 0 saturated heterocycles. The van der Waals surface area contributed by atoms with Crippen LogP contribution in [0.3, 0.4) is 0 Å². The Labute approximate surface area is 197 Å². The largest absolute Gasteiger partial charge is 0.452 e. The number of rotatable bonds is 7. The predicted molar refractivity (Wildman–Crippen MR) is 124 cm³/mol. The smallest absolute Gasteiger partial charge is 0.338 e. The number of esters is 1. The Morgan fingerprint density at radius 2 is 1.68 bits per heavy atom. The molecule has 0 bridgehead atoms. The van der Waals surface area contributed by atoms with Crippen molar-refractivity contribution in [1.29, 1.82) is 0 Å². The summed E-state index contributed by atoms with van der Waals surface area (Å²) in [6.45, 7) is 0.0592. The van der Waals surface area contributed by atoms with Crippen LogP contribution >= 0.6 is 0 Å². The van der Waals surface area contributed by atoms with Crippen LogP contribution in [0.4, 0.5) is 10.1 Å². The maximum atomic E-state index is 13.2. The Bertz CT molecular complexity index is 1290. The van der Waals surface area contributed by atoms with Gasteiger partial charge in [0.05, 0.1) is 16.1 Å². The molecule has 0 fully saturated rings. The van der Waals surface area contributed by atoms with Gasteiger partial charge in [0.15, 0.2) is 6.61 Å². The van der Waals surface area contributed by atoms with Crippen molar-refractivity contribution < 1.29 is 27.1 Å². The summed E-state index contributed by atoms with van der Waals surface area (Å²) in [6.07, 6.45) is 1.55. The van der Waals surface area contributed by atoms with Gasteiger partial charge in [-0.25, -0.2) is 17.6 Å². The zero-order valence-corrected chi connectivity index (χ0v) is 19.1. The second kappa shape index (κ2) is 10.0. The van der Waals surface area contributed by atoms with Gasteiger partial charge >= 0.3 is 5.97 Å². The zero-order valence-electron chi connectivity index (χ0n) is 18.2. The van der Waals surface area contributed by atoms with E-state index < -0.39 is 28.5 Å². The van der Waals surface area contributed by atoms with E-state index in [1.165, 1.54) is 40.7 Å². The van der Waals surface area contributed by atoms with Crippen molar-refractivity contribution in [2.45, 2.75) is 24.3 Å². The maximum Gasteiger partial charge on any atom is 0.338 e. The zero-order chi connectivity index (χ0) is 24.1. The van der Waals surface area contributed by atoms with E-state index in [0.29, 0.717) is 17.8 Å². The molecule has 1 heterocycles. The normalized spacial score (nSPS) is 13.1. The van der Waals surface area contributed by atoms with Crippen molar-refractivity contribution in [2.75, 3.05) is 17.5 Å². The predicted octanol–water partition coefficient (Wildman–Crippen LogP) is 3.44. The molecular formula is C25H23FN2O5S. The van der Waals surface area contributed by atoms with E-state index in [0.717, 1.165) is 18.4 Å². The number of sulfonamides is 1. The highest BCUT2D eigenvalue weighted by Gasteiger charge is 2.29. The van der Waals surface area contributed by atoms with Gasteiger partial charge in [0.25, 0.3) is 15.9 Å². The monoisotopic (exact) mass is 482 g/mol. The van der Waals surface area contributed by atoms with E-state index in [2.05, 4.69) is 5.32 Å². The number of carbonyl (C=O) groups is 2. The first kappa shape index (κ1) is 23.4. The quantitative estimate of drug-likeness (QED) is 0.521. The number of amides is 1. The number of benzene rings is 3. The molecule has 0 unspecified atom stereocenters. The first-order valence-corrected chi connectivity index (χ1v) is 12.2. The number of para-hydroxylation sites is 1. The minimum atomic E-state index is -3.79. The highest BCUT2D eigenvalue weighted by atomic mass is 32.2. The fraction of sp³-hybridized carbons (Fsp3) is 0.200. The van der Waals surface area contributed by atoms with Gasteiger partial charge in [-0.1, -0.05) is 30.3 Å². The van der Waals surface area contributed by atoms with E-state index in [4.69, 9.17) is 4.74 Å². The Balaban J connectivity index is 1.35. The van der Waals surface area contributed by atoms with Crippen LogP contribution in [0.15, 0.2) is 77.7 Å². The second-order valence-electron chi connectivity index (χ2n) is 7.81. The Morgan fingerprint density at radius 1 is 0.971 bits per heavy atom. The molecule has 0 spiro atoms. The van der Waals surface area contributed by atoms with Gasteiger partial charge < -0.3 is 10.1 Å². The van der Waals surface area contributed by atoms with Crippen LogP contribution in [0.5, 0.6) is 0 Å². The van der Waals surface area contributed by atoms with Crippen LogP contribution in [0, 0.1) is 5.82 Å². The molecular weight excluding hydrogens is 459 g/mol. The average Bonchev–Trinajstić information content (AvgIpc) is 2.86. The van der Waals surface area contributed by atoms with E-state index in [-0.39, 0.29) is 22.8 Å². The molecule has 4 rings (SSSR count). The Morgan fingerprint density at radius 3 is 2.41 bits per heavy atom. The van der Waals surface area contributed by atoms with Crippen molar-refractivity contribution in [3.05, 3.63) is 95.3 Å². The summed E-state index contributed by atoms with van der Waals surface area (Å²) in [4.78, 5) is 24.3. The lowest BCUT2D eigenvalue weighted by Gasteiger charge is -2.30. The highest BCUT2D eigenvalue weighted by Crippen LogP contribution is 2.31. The lowest BCUT2D eigenvalue weighted by atomic mass is 10.0.